The monoisotopic (exact) mass is 307 g/mol. The Morgan fingerprint density at radius 1 is 1.15 bits per heavy atom. The van der Waals surface area contributed by atoms with Crippen LogP contribution in [0.3, 0.4) is 0 Å². The Labute approximate surface area is 131 Å². The van der Waals surface area contributed by atoms with E-state index < -0.39 is 0 Å². The Balaban J connectivity index is 2.43. The predicted octanol–water partition coefficient (Wildman–Crippen LogP) is 5.42. The zero-order valence-corrected chi connectivity index (χ0v) is 14.2. The van der Waals surface area contributed by atoms with Crippen molar-refractivity contribution in [2.24, 2.45) is 0 Å². The minimum absolute atomic E-state index is 0.195. The first-order valence-corrected chi connectivity index (χ1v) is 8.28. The summed E-state index contributed by atoms with van der Waals surface area (Å²) in [5.74, 6) is 0. The minimum Gasteiger partial charge on any atom is -0.306 e. The third kappa shape index (κ3) is 3.43. The molecule has 0 radical (unpaired) electrons. The Kier molecular flexibility index (Phi) is 5.25. The molecule has 1 aromatic carbocycles. The molecule has 108 valence electrons. The molecule has 3 heteroatoms. The van der Waals surface area contributed by atoms with Gasteiger partial charge in [0.05, 0.1) is 6.04 Å². The number of rotatable bonds is 5. The molecule has 1 N–H and O–H groups in total. The third-order valence-electron chi connectivity index (χ3n) is 3.57. The van der Waals surface area contributed by atoms with Crippen LogP contribution in [0.15, 0.2) is 24.3 Å². The lowest BCUT2D eigenvalue weighted by molar-refractivity contribution is 0.605. The first-order valence-electron chi connectivity index (χ1n) is 7.09. The van der Waals surface area contributed by atoms with E-state index in [1.807, 2.05) is 11.3 Å². The van der Waals surface area contributed by atoms with Crippen molar-refractivity contribution in [1.29, 1.82) is 0 Å². The molecule has 0 aliphatic rings. The van der Waals surface area contributed by atoms with Crippen LogP contribution in [0, 0.1) is 20.8 Å². The van der Waals surface area contributed by atoms with E-state index in [2.05, 4.69) is 57.3 Å². The van der Waals surface area contributed by atoms with Crippen LogP contribution < -0.4 is 5.32 Å². The number of thiophene rings is 1. The second kappa shape index (κ2) is 6.75. The summed E-state index contributed by atoms with van der Waals surface area (Å²) in [6.45, 7) is 9.57. The highest BCUT2D eigenvalue weighted by Gasteiger charge is 2.18. The first kappa shape index (κ1) is 15.6. The molecular weight excluding hydrogens is 286 g/mol. The second-order valence-electron chi connectivity index (χ2n) is 5.29. The summed E-state index contributed by atoms with van der Waals surface area (Å²) in [6, 6.07) is 8.88. The number of hydrogen-bond acceptors (Lipinski definition) is 2. The molecule has 0 aliphatic heterocycles. The Morgan fingerprint density at radius 3 is 2.45 bits per heavy atom. The van der Waals surface area contributed by atoms with Crippen LogP contribution in [0.2, 0.25) is 5.02 Å². The topological polar surface area (TPSA) is 12.0 Å². The largest absolute Gasteiger partial charge is 0.306 e. The average Bonchev–Trinajstić information content (AvgIpc) is 2.82. The fourth-order valence-corrected chi connectivity index (χ4v) is 3.58. The van der Waals surface area contributed by atoms with E-state index in [1.54, 1.807) is 0 Å². The first-order chi connectivity index (χ1) is 9.52. The van der Waals surface area contributed by atoms with Crippen molar-refractivity contribution in [3.05, 3.63) is 55.7 Å². The Bertz CT molecular complexity index is 589. The van der Waals surface area contributed by atoms with E-state index >= 15 is 0 Å². The molecule has 1 nitrogen and oxygen atoms in total. The predicted molar refractivity (Wildman–Crippen MR) is 90.1 cm³/mol. The van der Waals surface area contributed by atoms with E-state index in [0.29, 0.717) is 0 Å². The van der Waals surface area contributed by atoms with Gasteiger partial charge in [-0.2, -0.15) is 0 Å². The molecule has 2 aromatic rings. The van der Waals surface area contributed by atoms with Gasteiger partial charge in [0, 0.05) is 14.8 Å². The molecule has 0 saturated heterocycles. The highest BCUT2D eigenvalue weighted by Crippen LogP contribution is 2.33. The molecule has 0 amide bonds. The summed E-state index contributed by atoms with van der Waals surface area (Å²) in [5, 5.41) is 4.48. The summed E-state index contributed by atoms with van der Waals surface area (Å²) in [4.78, 5) is 2.67. The van der Waals surface area contributed by atoms with Crippen molar-refractivity contribution < 1.29 is 0 Å². The van der Waals surface area contributed by atoms with Gasteiger partial charge in [0.25, 0.3) is 0 Å². The molecule has 0 bridgehead atoms. The molecule has 1 atom stereocenters. The normalized spacial score (nSPS) is 12.7. The van der Waals surface area contributed by atoms with Crippen LogP contribution in [-0.4, -0.2) is 6.54 Å². The maximum absolute atomic E-state index is 6.50. The summed E-state index contributed by atoms with van der Waals surface area (Å²) < 4.78 is 0. The van der Waals surface area contributed by atoms with Crippen molar-refractivity contribution in [2.45, 2.75) is 40.2 Å². The van der Waals surface area contributed by atoms with E-state index in [4.69, 9.17) is 11.6 Å². The standard InChI is InChI=1S/C17H22ClNS/c1-5-8-19-17(16-7-6-13(4)20-16)14-9-11(2)12(3)10-15(14)18/h6-7,9-10,17,19H,5,8H2,1-4H3. The lowest BCUT2D eigenvalue weighted by Gasteiger charge is -2.20. The molecule has 1 aromatic heterocycles. The highest BCUT2D eigenvalue weighted by molar-refractivity contribution is 7.12. The van der Waals surface area contributed by atoms with Gasteiger partial charge in [-0.05, 0) is 68.6 Å². The van der Waals surface area contributed by atoms with Gasteiger partial charge in [-0.25, -0.2) is 0 Å². The average molecular weight is 308 g/mol. The van der Waals surface area contributed by atoms with Gasteiger partial charge < -0.3 is 5.32 Å². The lowest BCUT2D eigenvalue weighted by Crippen LogP contribution is -2.22. The summed E-state index contributed by atoms with van der Waals surface area (Å²) >= 11 is 8.34. The maximum atomic E-state index is 6.50. The number of nitrogens with one attached hydrogen (secondary N) is 1. The van der Waals surface area contributed by atoms with Crippen LogP contribution in [-0.2, 0) is 0 Å². The second-order valence-corrected chi connectivity index (χ2v) is 7.02. The summed E-state index contributed by atoms with van der Waals surface area (Å²) in [6.07, 6.45) is 1.11. The highest BCUT2D eigenvalue weighted by atomic mass is 35.5. The lowest BCUT2D eigenvalue weighted by atomic mass is 9.99. The molecule has 1 heterocycles. The van der Waals surface area contributed by atoms with Crippen molar-refractivity contribution in [1.82, 2.24) is 5.32 Å². The Hall–Kier alpha value is -0.830. The van der Waals surface area contributed by atoms with Gasteiger partial charge in [0.15, 0.2) is 0 Å². The SMILES string of the molecule is CCCNC(c1ccc(C)s1)c1cc(C)c(C)cc1Cl. The van der Waals surface area contributed by atoms with Crippen LogP contribution in [0.25, 0.3) is 0 Å². The van der Waals surface area contributed by atoms with Gasteiger partial charge in [0.1, 0.15) is 0 Å². The molecule has 2 rings (SSSR count). The van der Waals surface area contributed by atoms with E-state index in [-0.39, 0.29) is 6.04 Å². The molecule has 0 aliphatic carbocycles. The molecule has 1 unspecified atom stereocenters. The van der Waals surface area contributed by atoms with E-state index in [9.17, 15) is 0 Å². The smallest absolute Gasteiger partial charge is 0.0685 e. The van der Waals surface area contributed by atoms with Gasteiger partial charge >= 0.3 is 0 Å². The molecule has 20 heavy (non-hydrogen) atoms. The minimum atomic E-state index is 0.195. The number of benzene rings is 1. The summed E-state index contributed by atoms with van der Waals surface area (Å²) in [7, 11) is 0. The van der Waals surface area contributed by atoms with Crippen LogP contribution in [0.5, 0.6) is 0 Å². The quantitative estimate of drug-likeness (QED) is 0.778. The molecule has 0 fully saturated rings. The number of hydrogen-bond donors (Lipinski definition) is 1. The Morgan fingerprint density at radius 2 is 1.85 bits per heavy atom. The van der Waals surface area contributed by atoms with Gasteiger partial charge in [-0.3, -0.25) is 0 Å². The maximum Gasteiger partial charge on any atom is 0.0685 e. The van der Waals surface area contributed by atoms with Gasteiger partial charge in [0.2, 0.25) is 0 Å². The van der Waals surface area contributed by atoms with Crippen LogP contribution in [0.4, 0.5) is 0 Å². The zero-order valence-electron chi connectivity index (χ0n) is 12.6. The van der Waals surface area contributed by atoms with Crippen LogP contribution in [0.1, 0.15) is 45.8 Å². The number of aryl methyl sites for hydroxylation is 3. The third-order valence-corrected chi connectivity index (χ3v) is 4.96. The fraction of sp³-hybridized carbons (Fsp3) is 0.412. The van der Waals surface area contributed by atoms with Crippen molar-refractivity contribution >= 4 is 22.9 Å². The van der Waals surface area contributed by atoms with Gasteiger partial charge in [-0.1, -0.05) is 24.6 Å². The van der Waals surface area contributed by atoms with Crippen LogP contribution >= 0.6 is 22.9 Å². The fourth-order valence-electron chi connectivity index (χ4n) is 2.29. The van der Waals surface area contributed by atoms with Crippen molar-refractivity contribution in [2.75, 3.05) is 6.54 Å². The van der Waals surface area contributed by atoms with Crippen molar-refractivity contribution in [3.63, 3.8) is 0 Å². The van der Waals surface area contributed by atoms with E-state index in [0.717, 1.165) is 18.0 Å². The zero-order chi connectivity index (χ0) is 14.7. The van der Waals surface area contributed by atoms with Crippen molar-refractivity contribution in [3.8, 4) is 0 Å². The van der Waals surface area contributed by atoms with E-state index in [1.165, 1.54) is 26.4 Å². The van der Waals surface area contributed by atoms with Gasteiger partial charge in [-0.15, -0.1) is 11.3 Å². The molecular formula is C17H22ClNS. The number of halogens is 1. The summed E-state index contributed by atoms with van der Waals surface area (Å²) in [5.41, 5.74) is 3.72. The molecule has 0 spiro atoms. The molecule has 0 saturated carbocycles.